The number of amides is 2. The monoisotopic (exact) mass is 524 g/mol. The van der Waals surface area contributed by atoms with Gasteiger partial charge < -0.3 is 24.7 Å². The van der Waals surface area contributed by atoms with E-state index in [1.807, 2.05) is 24.5 Å². The lowest BCUT2D eigenvalue weighted by atomic mass is 10.1. The van der Waals surface area contributed by atoms with Gasteiger partial charge in [-0.25, -0.2) is 0 Å². The molecule has 2 heterocycles. The molecule has 0 fully saturated rings. The lowest BCUT2D eigenvalue weighted by molar-refractivity contribution is -0.274. The maximum atomic E-state index is 12.9. The van der Waals surface area contributed by atoms with Gasteiger partial charge in [0.2, 0.25) is 5.91 Å². The summed E-state index contributed by atoms with van der Waals surface area (Å²) in [6.45, 7) is 4.50. The number of rotatable bonds is 9. The van der Waals surface area contributed by atoms with Gasteiger partial charge in [-0.05, 0) is 56.2 Å². The van der Waals surface area contributed by atoms with E-state index in [-0.39, 0.29) is 24.3 Å². The zero-order chi connectivity index (χ0) is 26.3. The van der Waals surface area contributed by atoms with E-state index in [0.29, 0.717) is 41.1 Å². The summed E-state index contributed by atoms with van der Waals surface area (Å²) in [6, 6.07) is 5.58. The maximum Gasteiger partial charge on any atom is 0.573 e. The molecule has 1 aromatic heterocycles. The molecule has 8 nitrogen and oxygen atoms in total. The molecule has 2 aromatic rings. The second-order valence-corrected chi connectivity index (χ2v) is 8.85. The van der Waals surface area contributed by atoms with Gasteiger partial charge in [0.25, 0.3) is 5.91 Å². The lowest BCUT2D eigenvalue weighted by Gasteiger charge is -2.18. The van der Waals surface area contributed by atoms with E-state index >= 15 is 0 Å². The fourth-order valence-electron chi connectivity index (χ4n) is 3.55. The third kappa shape index (κ3) is 7.56. The van der Waals surface area contributed by atoms with Gasteiger partial charge in [0.1, 0.15) is 12.4 Å². The number of carbonyl (C=O) groups is 2. The van der Waals surface area contributed by atoms with Gasteiger partial charge in [-0.15, -0.1) is 24.5 Å². The maximum absolute atomic E-state index is 12.9. The number of allylic oxidation sites excluding steroid dienone is 1. The Morgan fingerprint density at radius 3 is 2.61 bits per heavy atom. The van der Waals surface area contributed by atoms with Gasteiger partial charge in [0.05, 0.1) is 11.3 Å². The van der Waals surface area contributed by atoms with E-state index in [2.05, 4.69) is 20.4 Å². The van der Waals surface area contributed by atoms with Crippen LogP contribution in [-0.2, 0) is 20.9 Å². The largest absolute Gasteiger partial charge is 0.573 e. The van der Waals surface area contributed by atoms with Crippen molar-refractivity contribution >= 4 is 23.2 Å². The zero-order valence-corrected chi connectivity index (χ0v) is 20.8. The van der Waals surface area contributed by atoms with Crippen LogP contribution in [0.5, 0.6) is 5.75 Å². The van der Waals surface area contributed by atoms with Crippen LogP contribution in [0.1, 0.15) is 20.3 Å². The Kier molecular flexibility index (Phi) is 9.10. The van der Waals surface area contributed by atoms with Crippen molar-refractivity contribution in [3.63, 3.8) is 0 Å². The highest BCUT2D eigenvalue weighted by molar-refractivity contribution is 7.07. The Labute approximate surface area is 210 Å². The zero-order valence-electron chi connectivity index (χ0n) is 20.0. The molecule has 1 unspecified atom stereocenters. The van der Waals surface area contributed by atoms with Crippen LogP contribution in [0.3, 0.4) is 0 Å². The van der Waals surface area contributed by atoms with E-state index < -0.39 is 12.3 Å². The van der Waals surface area contributed by atoms with Gasteiger partial charge in [-0.1, -0.05) is 6.08 Å². The smallest absolute Gasteiger partial charge is 0.406 e. The standard InChI is InChI=1S/C24H27F3N4O4S/c1-15-5-10-19(16(2)29-15)22(33)30-23-31(12-4-11-28-21(32)13-34-3)20(14-36-23)17-6-8-18(9-7-17)35-24(25,26)27/h5-10,14-15,29H,4,11-13H2,1-3H3,(H,28,32). The fourth-order valence-corrected chi connectivity index (χ4v) is 4.48. The summed E-state index contributed by atoms with van der Waals surface area (Å²) in [7, 11) is 1.43. The van der Waals surface area contributed by atoms with Crippen LogP contribution in [0.4, 0.5) is 13.2 Å². The molecular formula is C24H27F3N4O4S. The second kappa shape index (κ2) is 12.0. The molecule has 1 aliphatic rings. The van der Waals surface area contributed by atoms with Crippen molar-refractivity contribution in [3.05, 3.63) is 57.9 Å². The number of aromatic nitrogens is 1. The molecule has 0 bridgehead atoms. The van der Waals surface area contributed by atoms with Crippen LogP contribution >= 0.6 is 11.3 Å². The van der Waals surface area contributed by atoms with E-state index in [4.69, 9.17) is 4.74 Å². The van der Waals surface area contributed by atoms with Crippen molar-refractivity contribution < 1.29 is 32.2 Å². The number of nitrogens with zero attached hydrogens (tertiary/aromatic N) is 2. The van der Waals surface area contributed by atoms with Crippen molar-refractivity contribution in [1.29, 1.82) is 0 Å². The number of hydrogen-bond acceptors (Lipinski definition) is 6. The van der Waals surface area contributed by atoms with Gasteiger partial charge in [0.15, 0.2) is 4.80 Å². The summed E-state index contributed by atoms with van der Waals surface area (Å²) in [5.41, 5.74) is 2.48. The lowest BCUT2D eigenvalue weighted by Crippen LogP contribution is -2.29. The number of dihydropyridines is 1. The molecule has 1 aliphatic heterocycles. The third-order valence-corrected chi connectivity index (χ3v) is 6.03. The highest BCUT2D eigenvalue weighted by Gasteiger charge is 2.31. The average Bonchev–Trinajstić information content (AvgIpc) is 3.18. The summed E-state index contributed by atoms with van der Waals surface area (Å²) in [6.07, 6.45) is -0.643. The summed E-state index contributed by atoms with van der Waals surface area (Å²) >= 11 is 1.24. The summed E-state index contributed by atoms with van der Waals surface area (Å²) in [5, 5.41) is 7.71. The molecule has 0 saturated carbocycles. The van der Waals surface area contributed by atoms with Crippen molar-refractivity contribution in [2.24, 2.45) is 4.99 Å². The van der Waals surface area contributed by atoms with E-state index in [9.17, 15) is 22.8 Å². The molecule has 1 aromatic carbocycles. The number of thiazole rings is 1. The van der Waals surface area contributed by atoms with Gasteiger partial charge in [-0.3, -0.25) is 9.59 Å². The third-order valence-electron chi connectivity index (χ3n) is 5.16. The Morgan fingerprint density at radius 1 is 1.25 bits per heavy atom. The molecule has 2 N–H and O–H groups in total. The molecule has 0 saturated heterocycles. The Morgan fingerprint density at radius 2 is 1.97 bits per heavy atom. The first-order valence-electron chi connectivity index (χ1n) is 11.1. The summed E-state index contributed by atoms with van der Waals surface area (Å²) in [5.74, 6) is -0.989. The number of nitrogens with one attached hydrogen (secondary N) is 2. The van der Waals surface area contributed by atoms with Crippen molar-refractivity contribution in [2.75, 3.05) is 20.3 Å². The molecular weight excluding hydrogens is 497 g/mol. The molecule has 0 radical (unpaired) electrons. The predicted octanol–water partition coefficient (Wildman–Crippen LogP) is 3.52. The molecule has 0 aliphatic carbocycles. The SMILES string of the molecule is COCC(=O)NCCCn1c(-c2ccc(OC(F)(F)F)cc2)csc1=NC(=O)C1=C(C)NC(C)C=C1. The number of hydrogen-bond donors (Lipinski definition) is 2. The number of benzene rings is 1. The number of carbonyl (C=O) groups excluding carboxylic acids is 2. The minimum atomic E-state index is -4.78. The van der Waals surface area contributed by atoms with Gasteiger partial charge in [-0.2, -0.15) is 4.99 Å². The number of ether oxygens (including phenoxy) is 2. The molecule has 2 amide bonds. The quantitative estimate of drug-likeness (QED) is 0.490. The first kappa shape index (κ1) is 27.2. The molecule has 3 rings (SSSR count). The Hall–Kier alpha value is -3.38. The first-order chi connectivity index (χ1) is 17.1. The van der Waals surface area contributed by atoms with Crippen LogP contribution in [0.25, 0.3) is 11.3 Å². The minimum absolute atomic E-state index is 0.0487. The van der Waals surface area contributed by atoms with E-state index in [1.54, 1.807) is 11.5 Å². The van der Waals surface area contributed by atoms with Crippen molar-refractivity contribution in [1.82, 2.24) is 15.2 Å². The molecule has 0 spiro atoms. The first-order valence-corrected chi connectivity index (χ1v) is 12.0. The Balaban J connectivity index is 1.89. The van der Waals surface area contributed by atoms with E-state index in [0.717, 1.165) is 5.70 Å². The van der Waals surface area contributed by atoms with Gasteiger partial charge >= 0.3 is 6.36 Å². The van der Waals surface area contributed by atoms with Crippen molar-refractivity contribution in [3.8, 4) is 17.0 Å². The van der Waals surface area contributed by atoms with E-state index in [1.165, 1.54) is 42.7 Å². The predicted molar refractivity (Wildman–Crippen MR) is 129 cm³/mol. The second-order valence-electron chi connectivity index (χ2n) is 8.01. The highest BCUT2D eigenvalue weighted by Crippen LogP contribution is 2.27. The Bertz CT molecular complexity index is 1210. The average molecular weight is 525 g/mol. The van der Waals surface area contributed by atoms with Crippen molar-refractivity contribution in [2.45, 2.75) is 39.2 Å². The van der Waals surface area contributed by atoms with Crippen LogP contribution in [0.2, 0.25) is 0 Å². The van der Waals surface area contributed by atoms with Crippen LogP contribution < -0.4 is 20.2 Å². The molecule has 1 atom stereocenters. The van der Waals surface area contributed by atoms with Gasteiger partial charge in [0, 0.05) is 37.3 Å². The summed E-state index contributed by atoms with van der Waals surface area (Å²) < 4.78 is 48.1. The van der Waals surface area contributed by atoms with Crippen LogP contribution in [0.15, 0.2) is 58.1 Å². The topological polar surface area (TPSA) is 93.9 Å². The minimum Gasteiger partial charge on any atom is -0.406 e. The van der Waals surface area contributed by atoms with Crippen LogP contribution in [-0.4, -0.2) is 49.0 Å². The normalized spacial score (nSPS) is 16.2. The molecule has 36 heavy (non-hydrogen) atoms. The van der Waals surface area contributed by atoms with Crippen LogP contribution in [0, 0.1) is 0 Å². The highest BCUT2D eigenvalue weighted by atomic mass is 32.1. The fraction of sp³-hybridized carbons (Fsp3) is 0.375. The molecule has 194 valence electrons. The summed E-state index contributed by atoms with van der Waals surface area (Å²) in [4.78, 5) is 29.3. The molecule has 12 heteroatoms. The number of methoxy groups -OCH3 is 1. The number of halogens is 3. The number of alkyl halides is 3.